The van der Waals surface area contributed by atoms with Gasteiger partial charge in [0.2, 0.25) is 0 Å². The van der Waals surface area contributed by atoms with Crippen molar-refractivity contribution in [3.63, 3.8) is 0 Å². The van der Waals surface area contributed by atoms with Crippen molar-refractivity contribution >= 4 is 7.60 Å². The Bertz CT molecular complexity index is 1020. The molecule has 0 spiro atoms. The molecule has 1 aromatic carbocycles. The van der Waals surface area contributed by atoms with Gasteiger partial charge in [-0.2, -0.15) is 0 Å². The number of unbranched alkanes of at least 4 members (excludes halogenated alkanes) is 30. The Morgan fingerprint density at radius 2 is 0.849 bits per heavy atom. The first-order valence-corrected chi connectivity index (χ1v) is 25.1. The van der Waals surface area contributed by atoms with Crippen molar-refractivity contribution in [3.8, 4) is 5.75 Å². The predicted molar refractivity (Wildman–Crippen MR) is 234 cm³/mol. The van der Waals surface area contributed by atoms with Gasteiger partial charge in [0.1, 0.15) is 5.75 Å². The molecule has 0 saturated heterocycles. The third kappa shape index (κ3) is 28.3. The lowest BCUT2D eigenvalue weighted by Gasteiger charge is -2.23. The van der Waals surface area contributed by atoms with Crippen LogP contribution in [0.1, 0.15) is 257 Å². The van der Waals surface area contributed by atoms with E-state index in [-0.39, 0.29) is 12.0 Å². The molecule has 1 N–H and O–H groups in total. The molecule has 1 atom stereocenters. The van der Waals surface area contributed by atoms with Gasteiger partial charge in [-0.15, -0.1) is 0 Å². The van der Waals surface area contributed by atoms with E-state index in [9.17, 15) is 9.67 Å². The molecule has 0 heterocycles. The van der Waals surface area contributed by atoms with E-state index in [2.05, 4.69) is 34.6 Å². The quantitative estimate of drug-likeness (QED) is 0.0538. The van der Waals surface area contributed by atoms with Gasteiger partial charge >= 0.3 is 7.60 Å². The lowest BCUT2D eigenvalue weighted by molar-refractivity contribution is 0.193. The normalized spacial score (nSPS) is 13.2. The standard InChI is InChI=1S/C48H91O4P/c1-7-9-11-13-15-17-19-21-23-25-27-29-31-33-35-37-39-51-53(50,52-43-45-41-44(3)47(49)46(42-45)48(4,5)6)40-38-36-34-32-30-28-26-24-22-20-18-16-14-12-10-8-2/h41-42,49H,7-40,43H2,1-6H3. The Kier molecular flexibility index (Phi) is 31.6. The summed E-state index contributed by atoms with van der Waals surface area (Å²) in [6.07, 6.45) is 43.0. The second-order valence-corrected chi connectivity index (χ2v) is 19.8. The van der Waals surface area contributed by atoms with E-state index in [1.165, 1.54) is 180 Å². The summed E-state index contributed by atoms with van der Waals surface area (Å²) in [5.74, 6) is 0.345. The van der Waals surface area contributed by atoms with Crippen molar-refractivity contribution in [1.82, 2.24) is 0 Å². The van der Waals surface area contributed by atoms with E-state index in [4.69, 9.17) is 9.05 Å². The highest BCUT2D eigenvalue weighted by molar-refractivity contribution is 7.53. The average Bonchev–Trinajstić information content (AvgIpc) is 3.12. The van der Waals surface area contributed by atoms with Crippen LogP contribution in [-0.4, -0.2) is 17.9 Å². The zero-order valence-electron chi connectivity index (χ0n) is 36.5. The molecule has 0 aliphatic heterocycles. The number of benzene rings is 1. The molecule has 1 unspecified atom stereocenters. The molecule has 312 valence electrons. The highest BCUT2D eigenvalue weighted by atomic mass is 31.2. The van der Waals surface area contributed by atoms with Crippen LogP contribution in [0.5, 0.6) is 5.75 Å². The summed E-state index contributed by atoms with van der Waals surface area (Å²) >= 11 is 0. The second kappa shape index (κ2) is 33.3. The molecule has 1 rings (SSSR count). The summed E-state index contributed by atoms with van der Waals surface area (Å²) in [5, 5.41) is 10.7. The molecule has 5 heteroatoms. The van der Waals surface area contributed by atoms with Crippen molar-refractivity contribution in [3.05, 3.63) is 28.8 Å². The van der Waals surface area contributed by atoms with E-state index in [0.29, 0.717) is 18.5 Å². The summed E-state index contributed by atoms with van der Waals surface area (Å²) < 4.78 is 26.3. The van der Waals surface area contributed by atoms with Crippen molar-refractivity contribution in [2.24, 2.45) is 0 Å². The monoisotopic (exact) mass is 763 g/mol. The molecule has 1 aromatic rings. The van der Waals surface area contributed by atoms with Gasteiger partial charge < -0.3 is 14.2 Å². The van der Waals surface area contributed by atoms with Crippen molar-refractivity contribution < 1.29 is 18.7 Å². The Labute approximate surface area is 331 Å². The number of aryl methyl sites for hydroxylation is 1. The molecule has 0 aromatic heterocycles. The maximum absolute atomic E-state index is 14.0. The zero-order chi connectivity index (χ0) is 38.9. The third-order valence-electron chi connectivity index (χ3n) is 11.2. The lowest BCUT2D eigenvalue weighted by atomic mass is 9.84. The van der Waals surface area contributed by atoms with Gasteiger partial charge in [0.15, 0.2) is 0 Å². The number of phenolic OH excluding ortho intramolecular Hbond substituents is 1. The number of rotatable bonds is 38. The zero-order valence-corrected chi connectivity index (χ0v) is 37.4. The SMILES string of the molecule is CCCCCCCCCCCCCCCCCCOP(=O)(CCCCCCCCCCCCCCCCCC)OCc1cc(C)c(O)c(C(C)(C)C)c1. The molecule has 0 saturated carbocycles. The van der Waals surface area contributed by atoms with Crippen molar-refractivity contribution in [1.29, 1.82) is 0 Å². The van der Waals surface area contributed by atoms with E-state index in [1.54, 1.807) is 0 Å². The predicted octanol–water partition coefficient (Wildman–Crippen LogP) is 17.2. The first kappa shape index (κ1) is 50.2. The fraction of sp³-hybridized carbons (Fsp3) is 0.875. The van der Waals surface area contributed by atoms with Gasteiger partial charge in [0.25, 0.3) is 0 Å². The molecule has 0 bridgehead atoms. The summed E-state index contributed by atoms with van der Waals surface area (Å²) in [6.45, 7) is 13.6. The minimum atomic E-state index is -3.21. The molecule has 4 nitrogen and oxygen atoms in total. The van der Waals surface area contributed by atoms with Crippen LogP contribution in [0.15, 0.2) is 12.1 Å². The summed E-state index contributed by atoms with van der Waals surface area (Å²) in [5.41, 5.74) is 2.49. The molecule has 0 aliphatic carbocycles. The summed E-state index contributed by atoms with van der Waals surface area (Å²) in [6, 6.07) is 3.97. The highest BCUT2D eigenvalue weighted by Crippen LogP contribution is 2.50. The van der Waals surface area contributed by atoms with Gasteiger partial charge in [0, 0.05) is 0 Å². The topological polar surface area (TPSA) is 55.8 Å². The van der Waals surface area contributed by atoms with Crippen LogP contribution in [0, 0.1) is 6.92 Å². The number of aromatic hydroxyl groups is 1. The number of hydrogen-bond donors (Lipinski definition) is 1. The van der Waals surface area contributed by atoms with E-state index >= 15 is 0 Å². The fourth-order valence-electron chi connectivity index (χ4n) is 7.56. The average molecular weight is 763 g/mol. The van der Waals surface area contributed by atoms with Crippen molar-refractivity contribution in [2.45, 2.75) is 259 Å². The van der Waals surface area contributed by atoms with E-state index < -0.39 is 7.60 Å². The molecular formula is C48H91O4P. The first-order valence-electron chi connectivity index (χ1n) is 23.3. The summed E-state index contributed by atoms with van der Waals surface area (Å²) in [4.78, 5) is 0. The molecule has 0 fully saturated rings. The highest BCUT2D eigenvalue weighted by Gasteiger charge is 2.26. The maximum Gasteiger partial charge on any atom is 0.330 e. The maximum atomic E-state index is 14.0. The first-order chi connectivity index (χ1) is 25.6. The molecule has 53 heavy (non-hydrogen) atoms. The Balaban J connectivity index is 2.34. The molecule has 0 radical (unpaired) electrons. The van der Waals surface area contributed by atoms with Crippen LogP contribution < -0.4 is 0 Å². The number of hydrogen-bond acceptors (Lipinski definition) is 4. The number of phenols is 1. The van der Waals surface area contributed by atoms with E-state index in [1.807, 2.05) is 19.1 Å². The van der Waals surface area contributed by atoms with Gasteiger partial charge in [-0.25, -0.2) is 0 Å². The summed E-state index contributed by atoms with van der Waals surface area (Å²) in [7, 11) is -3.21. The lowest BCUT2D eigenvalue weighted by Crippen LogP contribution is -2.13. The molecule has 0 aliphatic rings. The molecular weight excluding hydrogens is 671 g/mol. The van der Waals surface area contributed by atoms with Crippen LogP contribution >= 0.6 is 7.60 Å². The minimum absolute atomic E-state index is 0.189. The Hall–Kier alpha value is -0.830. The van der Waals surface area contributed by atoms with Crippen molar-refractivity contribution in [2.75, 3.05) is 12.8 Å². The van der Waals surface area contributed by atoms with Gasteiger partial charge in [-0.05, 0) is 47.9 Å². The van der Waals surface area contributed by atoms with Crippen LogP contribution in [0.2, 0.25) is 0 Å². The smallest absolute Gasteiger partial charge is 0.330 e. The van der Waals surface area contributed by atoms with Crippen LogP contribution in [0.3, 0.4) is 0 Å². The van der Waals surface area contributed by atoms with Gasteiger partial charge in [-0.1, -0.05) is 233 Å². The van der Waals surface area contributed by atoms with Crippen LogP contribution in [0.4, 0.5) is 0 Å². The Morgan fingerprint density at radius 1 is 0.509 bits per heavy atom. The van der Waals surface area contributed by atoms with Gasteiger partial charge in [0.05, 0.1) is 19.4 Å². The largest absolute Gasteiger partial charge is 0.507 e. The van der Waals surface area contributed by atoms with Gasteiger partial charge in [-0.3, -0.25) is 4.57 Å². The Morgan fingerprint density at radius 3 is 1.21 bits per heavy atom. The second-order valence-electron chi connectivity index (χ2n) is 17.6. The third-order valence-corrected chi connectivity index (χ3v) is 13.1. The minimum Gasteiger partial charge on any atom is -0.507 e. The molecule has 0 amide bonds. The fourth-order valence-corrected chi connectivity index (χ4v) is 9.25. The van der Waals surface area contributed by atoms with E-state index in [0.717, 1.165) is 42.4 Å². The van der Waals surface area contributed by atoms with Crippen LogP contribution in [0.25, 0.3) is 0 Å². The van der Waals surface area contributed by atoms with Crippen LogP contribution in [-0.2, 0) is 25.6 Å².